The fraction of sp³-hybridized carbons (Fsp3) is 0.714. The van der Waals surface area contributed by atoms with E-state index >= 15 is 0 Å². The first-order valence-electron chi connectivity index (χ1n) is 9.73. The van der Waals surface area contributed by atoms with Crippen molar-refractivity contribution in [3.63, 3.8) is 0 Å². The molecule has 0 unspecified atom stereocenters. The lowest BCUT2D eigenvalue weighted by Gasteiger charge is -2.57. The number of carbonyl (C=O) groups excluding carboxylic acids is 2. The zero-order chi connectivity index (χ0) is 18.9. The largest absolute Gasteiger partial charge is 0.339 e. The molecule has 0 radical (unpaired) electrons. The molecule has 0 heterocycles. The number of ketones is 2. The van der Waals surface area contributed by atoms with Crippen molar-refractivity contribution in [3.05, 3.63) is 23.8 Å². The summed E-state index contributed by atoms with van der Waals surface area (Å²) < 4.78 is 0. The summed E-state index contributed by atoms with van der Waals surface area (Å²) in [5.41, 5.74) is 0.846. The summed E-state index contributed by atoms with van der Waals surface area (Å²) in [5, 5.41) is 28.3. The summed E-state index contributed by atoms with van der Waals surface area (Å²) in [4.78, 5) is 24.2. The van der Waals surface area contributed by atoms with Crippen LogP contribution in [0.25, 0.3) is 0 Å². The highest BCUT2D eigenvalue weighted by Crippen LogP contribution is 2.66. The highest BCUT2D eigenvalue weighted by molar-refractivity contribution is 6.01. The van der Waals surface area contributed by atoms with Gasteiger partial charge in [0, 0.05) is 11.3 Å². The first kappa shape index (κ1) is 18.1. The average Bonchev–Trinajstić information content (AvgIpc) is 2.91. The maximum absolute atomic E-state index is 12.4. The average molecular weight is 360 g/mol. The van der Waals surface area contributed by atoms with Crippen molar-refractivity contribution in [1.29, 1.82) is 0 Å². The maximum Gasteiger partial charge on any atom is 0.339 e. The van der Waals surface area contributed by atoms with Crippen LogP contribution in [-0.2, 0) is 9.59 Å². The highest BCUT2D eigenvalue weighted by Gasteiger charge is 2.61. The molecule has 0 amide bonds. The van der Waals surface area contributed by atoms with E-state index in [0.29, 0.717) is 24.2 Å². The van der Waals surface area contributed by atoms with Crippen molar-refractivity contribution in [2.75, 3.05) is 0 Å². The minimum Gasteiger partial charge on any atom is -0.337 e. The van der Waals surface area contributed by atoms with Crippen molar-refractivity contribution in [1.82, 2.24) is 0 Å². The third-order valence-corrected chi connectivity index (χ3v) is 8.20. The second kappa shape index (κ2) is 5.60. The van der Waals surface area contributed by atoms with E-state index in [0.717, 1.165) is 32.1 Å². The lowest BCUT2D eigenvalue weighted by atomic mass is 9.47. The Morgan fingerprint density at radius 3 is 2.54 bits per heavy atom. The Hall–Kier alpha value is -1.30. The van der Waals surface area contributed by atoms with Crippen LogP contribution in [0.5, 0.6) is 0 Å². The smallest absolute Gasteiger partial charge is 0.337 e. The first-order valence-corrected chi connectivity index (χ1v) is 9.73. The Bertz CT molecular complexity index is 714. The van der Waals surface area contributed by atoms with Crippen LogP contribution in [0.4, 0.5) is 0 Å². The summed E-state index contributed by atoms with van der Waals surface area (Å²) in [5.74, 6) is -3.29. The van der Waals surface area contributed by atoms with Gasteiger partial charge < -0.3 is 15.3 Å². The normalized spacial score (nSPS) is 44.8. The summed E-state index contributed by atoms with van der Waals surface area (Å²) >= 11 is 0. The van der Waals surface area contributed by atoms with Crippen molar-refractivity contribution >= 4 is 11.6 Å². The molecule has 3 fully saturated rings. The number of aliphatic hydroxyl groups is 3. The lowest BCUT2D eigenvalue weighted by Crippen LogP contribution is -2.52. The lowest BCUT2D eigenvalue weighted by molar-refractivity contribution is -0.291. The summed E-state index contributed by atoms with van der Waals surface area (Å²) in [7, 11) is 0. The first-order chi connectivity index (χ1) is 12.1. The molecule has 4 aliphatic rings. The van der Waals surface area contributed by atoms with Gasteiger partial charge in [0.1, 0.15) is 0 Å². The molecule has 142 valence electrons. The molecule has 26 heavy (non-hydrogen) atoms. The molecule has 3 saturated carbocycles. The molecule has 0 aliphatic heterocycles. The Kier molecular flexibility index (Phi) is 3.89. The van der Waals surface area contributed by atoms with Gasteiger partial charge in [-0.15, -0.1) is 0 Å². The minimum atomic E-state index is -3.24. The Labute approximate surface area is 153 Å². The van der Waals surface area contributed by atoms with Crippen LogP contribution in [0, 0.1) is 34.5 Å². The number of allylic oxidation sites excluding steroid dienone is 4. The molecule has 0 saturated heterocycles. The Morgan fingerprint density at radius 1 is 1.12 bits per heavy atom. The van der Waals surface area contributed by atoms with Crippen molar-refractivity contribution in [2.45, 2.75) is 58.3 Å². The van der Waals surface area contributed by atoms with Crippen LogP contribution in [0.15, 0.2) is 23.8 Å². The van der Waals surface area contributed by atoms with Gasteiger partial charge in [0.05, 0.1) is 0 Å². The zero-order valence-corrected chi connectivity index (χ0v) is 15.4. The molecule has 5 nitrogen and oxygen atoms in total. The molecule has 5 heteroatoms. The number of carbonyl (C=O) groups is 2. The van der Waals surface area contributed by atoms with Crippen molar-refractivity contribution in [2.24, 2.45) is 34.5 Å². The van der Waals surface area contributed by atoms with Crippen LogP contribution in [0.3, 0.4) is 0 Å². The van der Waals surface area contributed by atoms with Crippen LogP contribution >= 0.6 is 0 Å². The van der Waals surface area contributed by atoms with E-state index in [1.807, 2.05) is 6.08 Å². The standard InChI is InChI=1S/C21H28O5/c1-19-9-7-13(22)11-12(19)3-4-14-15-5-6-17(18(23)21(24,25)26)20(15,2)10-8-16(14)19/h7,9,11,14-17,24-26H,3-6,8,10H2,1-2H3/t14-,15-,16-,17+,19-,20-/m0/s1. The van der Waals surface area contributed by atoms with Crippen LogP contribution < -0.4 is 0 Å². The van der Waals surface area contributed by atoms with Gasteiger partial charge in [-0.1, -0.05) is 25.5 Å². The Morgan fingerprint density at radius 2 is 1.85 bits per heavy atom. The highest BCUT2D eigenvalue weighted by atomic mass is 16.7. The van der Waals surface area contributed by atoms with Crippen molar-refractivity contribution in [3.8, 4) is 0 Å². The predicted molar refractivity (Wildman–Crippen MR) is 94.5 cm³/mol. The fourth-order valence-electron chi connectivity index (χ4n) is 6.86. The molecule has 0 aromatic rings. The molecular formula is C21H28O5. The molecule has 0 spiro atoms. The quantitative estimate of drug-likeness (QED) is 0.656. The molecule has 0 aromatic heterocycles. The SMILES string of the molecule is C[C@]12CC[C@H]3[C@@H](CCC4=CC(=O)C=C[C@@]43C)[C@@H]1CC[C@@H]2C(=O)C(O)(O)O. The van der Waals surface area contributed by atoms with E-state index in [4.69, 9.17) is 0 Å². The van der Waals surface area contributed by atoms with Crippen LogP contribution in [-0.4, -0.2) is 32.9 Å². The molecule has 3 N–H and O–H groups in total. The van der Waals surface area contributed by atoms with Crippen molar-refractivity contribution < 1.29 is 24.9 Å². The summed E-state index contributed by atoms with van der Waals surface area (Å²) in [6.45, 7) is 4.32. The third kappa shape index (κ3) is 2.40. The molecule has 6 atom stereocenters. The topological polar surface area (TPSA) is 94.8 Å². The molecule has 4 rings (SSSR count). The van der Waals surface area contributed by atoms with E-state index in [1.165, 1.54) is 5.57 Å². The van der Waals surface area contributed by atoms with Gasteiger partial charge in [-0.25, -0.2) is 0 Å². The van der Waals surface area contributed by atoms with Gasteiger partial charge >= 0.3 is 5.97 Å². The second-order valence-electron chi connectivity index (χ2n) is 9.28. The number of rotatable bonds is 2. The Balaban J connectivity index is 1.65. The summed E-state index contributed by atoms with van der Waals surface area (Å²) in [6.07, 6.45) is 10.8. The van der Waals surface area contributed by atoms with Gasteiger partial charge in [0.2, 0.25) is 5.78 Å². The molecule has 0 bridgehead atoms. The monoisotopic (exact) mass is 360 g/mol. The van der Waals surface area contributed by atoms with Crippen LogP contribution in [0.2, 0.25) is 0 Å². The van der Waals surface area contributed by atoms with E-state index < -0.39 is 17.7 Å². The molecule has 0 aromatic carbocycles. The van der Waals surface area contributed by atoms with Gasteiger partial charge in [0.15, 0.2) is 5.78 Å². The number of hydrogen-bond acceptors (Lipinski definition) is 5. The van der Waals surface area contributed by atoms with Gasteiger partial charge in [-0.05, 0) is 73.8 Å². The van der Waals surface area contributed by atoms with Gasteiger partial charge in [0.25, 0.3) is 0 Å². The number of Topliss-reactive ketones (excluding diaryl/α,β-unsaturated/α-hetero) is 1. The molecule has 4 aliphatic carbocycles. The predicted octanol–water partition coefficient (Wildman–Crippen LogP) is 2.11. The van der Waals surface area contributed by atoms with Crippen LogP contribution in [0.1, 0.15) is 52.4 Å². The summed E-state index contributed by atoms with van der Waals surface area (Å²) in [6, 6.07) is 0. The third-order valence-electron chi connectivity index (χ3n) is 8.20. The number of fused-ring (bicyclic) bond motifs is 5. The molecular weight excluding hydrogens is 332 g/mol. The van der Waals surface area contributed by atoms with Gasteiger partial charge in [-0.2, -0.15) is 0 Å². The van der Waals surface area contributed by atoms with E-state index in [-0.39, 0.29) is 16.6 Å². The maximum atomic E-state index is 12.4. The number of hydrogen-bond donors (Lipinski definition) is 3. The second-order valence-corrected chi connectivity index (χ2v) is 9.28. The minimum absolute atomic E-state index is 0.0771. The van der Waals surface area contributed by atoms with Gasteiger partial charge in [-0.3, -0.25) is 9.59 Å². The fourth-order valence-corrected chi connectivity index (χ4v) is 6.86. The van der Waals surface area contributed by atoms with E-state index in [2.05, 4.69) is 19.9 Å². The van der Waals surface area contributed by atoms with E-state index in [1.54, 1.807) is 6.08 Å². The van der Waals surface area contributed by atoms with E-state index in [9.17, 15) is 24.9 Å². The zero-order valence-electron chi connectivity index (χ0n) is 15.4.